The molecule has 1 unspecified atom stereocenters. The molecule has 1 saturated carbocycles. The van der Waals surface area contributed by atoms with Gasteiger partial charge in [-0.15, -0.1) is 0 Å². The quantitative estimate of drug-likeness (QED) is 0.631. The van der Waals surface area contributed by atoms with E-state index in [2.05, 4.69) is 17.1 Å². The number of hydrogen-bond acceptors (Lipinski definition) is 3. The molecule has 2 fully saturated rings. The van der Waals surface area contributed by atoms with Crippen molar-refractivity contribution in [1.29, 1.82) is 0 Å². The predicted octanol–water partition coefficient (Wildman–Crippen LogP) is 4.93. The van der Waals surface area contributed by atoms with Crippen LogP contribution in [0.15, 0.2) is 42.5 Å². The Kier molecular flexibility index (Phi) is 7.99. The van der Waals surface area contributed by atoms with Crippen LogP contribution in [0.25, 0.3) is 0 Å². The van der Waals surface area contributed by atoms with Gasteiger partial charge in [0.05, 0.1) is 0 Å². The Bertz CT molecular complexity index is 1000. The highest BCUT2D eigenvalue weighted by Crippen LogP contribution is 2.29. The highest BCUT2D eigenvalue weighted by Gasteiger charge is 2.33. The molecule has 1 aliphatic heterocycles. The summed E-state index contributed by atoms with van der Waals surface area (Å²) in [6.07, 6.45) is 5.39. The van der Waals surface area contributed by atoms with E-state index in [-0.39, 0.29) is 23.7 Å². The summed E-state index contributed by atoms with van der Waals surface area (Å²) in [4.78, 5) is 29.7. The van der Waals surface area contributed by atoms with Crippen molar-refractivity contribution in [2.45, 2.75) is 65.0 Å². The zero-order valence-corrected chi connectivity index (χ0v) is 20.4. The molecule has 2 aromatic rings. The Morgan fingerprint density at radius 2 is 1.79 bits per heavy atom. The number of nitrogens with zero attached hydrogens (tertiary/aromatic N) is 2. The lowest BCUT2D eigenvalue weighted by atomic mass is 10.0. The zero-order valence-electron chi connectivity index (χ0n) is 20.4. The molecule has 0 bridgehead atoms. The van der Waals surface area contributed by atoms with Crippen molar-refractivity contribution >= 4 is 17.5 Å². The Balaban J connectivity index is 1.35. The van der Waals surface area contributed by atoms with Crippen LogP contribution < -0.4 is 5.32 Å². The summed E-state index contributed by atoms with van der Waals surface area (Å²) in [6, 6.07) is 13.1. The summed E-state index contributed by atoms with van der Waals surface area (Å²) in [5.74, 6) is 0.164. The van der Waals surface area contributed by atoms with Crippen LogP contribution in [0.1, 0.15) is 55.7 Å². The van der Waals surface area contributed by atoms with Gasteiger partial charge in [0.2, 0.25) is 11.8 Å². The topological polar surface area (TPSA) is 52.7 Å². The SMILES string of the molecule is Cc1c(NC(=O)CCc2ccccc2)ccc(F)c1CN1CCN(C(=O)C2CCCC2)C(C)C1. The minimum Gasteiger partial charge on any atom is -0.337 e. The van der Waals surface area contributed by atoms with E-state index in [1.807, 2.05) is 42.2 Å². The molecule has 0 aromatic heterocycles. The first-order chi connectivity index (χ1) is 16.4. The Morgan fingerprint density at radius 1 is 1.06 bits per heavy atom. The third kappa shape index (κ3) is 5.84. The standard InChI is InChI=1S/C28H36FN3O2/c1-20-18-31(16-17-32(20)28(34)23-10-6-7-11-23)19-24-21(2)26(14-13-25(24)29)30-27(33)15-12-22-8-4-3-5-9-22/h3-5,8-9,13-14,20,23H,6-7,10-12,15-19H2,1-2H3,(H,30,33). The first-order valence-corrected chi connectivity index (χ1v) is 12.6. The van der Waals surface area contributed by atoms with Crippen molar-refractivity contribution in [3.8, 4) is 0 Å². The second-order valence-corrected chi connectivity index (χ2v) is 9.83. The largest absolute Gasteiger partial charge is 0.337 e. The van der Waals surface area contributed by atoms with E-state index in [9.17, 15) is 14.0 Å². The minimum absolute atomic E-state index is 0.0721. The van der Waals surface area contributed by atoms with Gasteiger partial charge in [0, 0.05) is 55.8 Å². The van der Waals surface area contributed by atoms with Crippen LogP contribution in [-0.4, -0.2) is 47.3 Å². The average molecular weight is 466 g/mol. The van der Waals surface area contributed by atoms with E-state index in [4.69, 9.17) is 0 Å². The number of hydrogen-bond donors (Lipinski definition) is 1. The average Bonchev–Trinajstić information content (AvgIpc) is 3.38. The molecule has 1 aliphatic carbocycles. The number of anilines is 1. The van der Waals surface area contributed by atoms with Crippen molar-refractivity contribution in [1.82, 2.24) is 9.80 Å². The number of benzene rings is 2. The predicted molar refractivity (Wildman–Crippen MR) is 133 cm³/mol. The highest BCUT2D eigenvalue weighted by atomic mass is 19.1. The number of carbonyl (C=O) groups is 2. The van der Waals surface area contributed by atoms with Gasteiger partial charge in [0.1, 0.15) is 5.82 Å². The van der Waals surface area contributed by atoms with E-state index in [1.54, 1.807) is 6.07 Å². The number of amides is 2. The lowest BCUT2D eigenvalue weighted by molar-refractivity contribution is -0.140. The lowest BCUT2D eigenvalue weighted by Gasteiger charge is -2.41. The Hall–Kier alpha value is -2.73. The van der Waals surface area contributed by atoms with Crippen LogP contribution >= 0.6 is 0 Å². The van der Waals surface area contributed by atoms with Crippen molar-refractivity contribution in [2.24, 2.45) is 5.92 Å². The molecule has 182 valence electrons. The molecule has 0 spiro atoms. The molecule has 0 radical (unpaired) electrons. The molecule has 2 aromatic carbocycles. The Labute approximate surface area is 202 Å². The molecule has 2 amide bonds. The number of halogens is 1. The summed E-state index contributed by atoms with van der Waals surface area (Å²) in [7, 11) is 0. The number of piperazine rings is 1. The van der Waals surface area contributed by atoms with Crippen molar-refractivity contribution < 1.29 is 14.0 Å². The van der Waals surface area contributed by atoms with Gasteiger partial charge in [-0.25, -0.2) is 4.39 Å². The monoisotopic (exact) mass is 465 g/mol. The van der Waals surface area contributed by atoms with Gasteiger partial charge in [0.25, 0.3) is 0 Å². The normalized spacial score (nSPS) is 19.4. The summed E-state index contributed by atoms with van der Waals surface area (Å²) in [5.41, 5.74) is 3.17. The van der Waals surface area contributed by atoms with Crippen LogP contribution in [0, 0.1) is 18.7 Å². The maximum atomic E-state index is 14.8. The van der Waals surface area contributed by atoms with Crippen molar-refractivity contribution in [3.63, 3.8) is 0 Å². The van der Waals surface area contributed by atoms with Crippen LogP contribution in [0.2, 0.25) is 0 Å². The molecule has 6 heteroatoms. The van der Waals surface area contributed by atoms with Crippen LogP contribution in [0.3, 0.4) is 0 Å². The summed E-state index contributed by atoms with van der Waals surface area (Å²) in [5, 5.41) is 2.97. The van der Waals surface area contributed by atoms with Gasteiger partial charge in [-0.05, 0) is 56.4 Å². The molecule has 1 saturated heterocycles. The molecule has 1 atom stereocenters. The molecule has 1 heterocycles. The van der Waals surface area contributed by atoms with Gasteiger partial charge in [-0.1, -0.05) is 43.2 Å². The van der Waals surface area contributed by atoms with E-state index in [1.165, 1.54) is 6.07 Å². The van der Waals surface area contributed by atoms with Gasteiger partial charge < -0.3 is 10.2 Å². The number of rotatable bonds is 7. The zero-order chi connectivity index (χ0) is 24.1. The summed E-state index contributed by atoms with van der Waals surface area (Å²) >= 11 is 0. The highest BCUT2D eigenvalue weighted by molar-refractivity contribution is 5.91. The molecule has 4 rings (SSSR count). The fraction of sp³-hybridized carbons (Fsp3) is 0.500. The fourth-order valence-electron chi connectivity index (χ4n) is 5.30. The lowest BCUT2D eigenvalue weighted by Crippen LogP contribution is -2.54. The third-order valence-electron chi connectivity index (χ3n) is 7.38. The molecular weight excluding hydrogens is 429 g/mol. The van der Waals surface area contributed by atoms with Gasteiger partial charge in [-0.3, -0.25) is 14.5 Å². The smallest absolute Gasteiger partial charge is 0.226 e. The fourth-order valence-corrected chi connectivity index (χ4v) is 5.30. The second-order valence-electron chi connectivity index (χ2n) is 9.83. The van der Waals surface area contributed by atoms with E-state index < -0.39 is 0 Å². The van der Waals surface area contributed by atoms with Crippen molar-refractivity contribution in [3.05, 3.63) is 65.0 Å². The Morgan fingerprint density at radius 3 is 2.50 bits per heavy atom. The van der Waals surface area contributed by atoms with Gasteiger partial charge in [-0.2, -0.15) is 0 Å². The maximum Gasteiger partial charge on any atom is 0.226 e. The number of carbonyl (C=O) groups excluding carboxylic acids is 2. The second kappa shape index (κ2) is 11.1. The molecular formula is C28H36FN3O2. The third-order valence-corrected chi connectivity index (χ3v) is 7.38. The summed E-state index contributed by atoms with van der Waals surface area (Å²) < 4.78 is 14.8. The summed E-state index contributed by atoms with van der Waals surface area (Å²) in [6.45, 7) is 6.58. The van der Waals surface area contributed by atoms with Crippen molar-refractivity contribution in [2.75, 3.05) is 25.0 Å². The van der Waals surface area contributed by atoms with E-state index >= 15 is 0 Å². The molecule has 34 heavy (non-hydrogen) atoms. The first-order valence-electron chi connectivity index (χ1n) is 12.6. The number of nitrogens with one attached hydrogen (secondary N) is 1. The molecule has 2 aliphatic rings. The van der Waals surface area contributed by atoms with Gasteiger partial charge >= 0.3 is 0 Å². The maximum absolute atomic E-state index is 14.8. The number of aryl methyl sites for hydroxylation is 1. The van der Waals surface area contributed by atoms with Crippen LogP contribution in [-0.2, 0) is 22.6 Å². The van der Waals surface area contributed by atoms with E-state index in [0.717, 1.165) is 49.9 Å². The van der Waals surface area contributed by atoms with Gasteiger partial charge in [0.15, 0.2) is 0 Å². The molecule has 5 nitrogen and oxygen atoms in total. The van der Waals surface area contributed by atoms with Crippen LogP contribution in [0.4, 0.5) is 10.1 Å². The molecule has 1 N–H and O–H groups in total. The van der Waals surface area contributed by atoms with Crippen LogP contribution in [0.5, 0.6) is 0 Å². The van der Waals surface area contributed by atoms with E-state index in [0.29, 0.717) is 43.1 Å². The minimum atomic E-state index is -0.253. The first kappa shape index (κ1) is 24.4.